The average Bonchev–Trinajstić information content (AvgIpc) is 2.34. The molecule has 0 aliphatic rings. The van der Waals surface area contributed by atoms with E-state index < -0.39 is 0 Å². The molecule has 0 saturated heterocycles. The van der Waals surface area contributed by atoms with Crippen molar-refractivity contribution in [3.05, 3.63) is 21.6 Å². The second-order valence-electron chi connectivity index (χ2n) is 3.67. The Morgan fingerprint density at radius 1 is 1.65 bits per heavy atom. The number of rotatable bonds is 5. The molecule has 92 valence electrons. The van der Waals surface area contributed by atoms with E-state index in [2.05, 4.69) is 16.3 Å². The average molecular weight is 254 g/mol. The van der Waals surface area contributed by atoms with Gasteiger partial charge < -0.3 is 5.32 Å². The molecule has 0 radical (unpaired) electrons. The Balaban J connectivity index is 3.01. The largest absolute Gasteiger partial charge is 0.369 e. The van der Waals surface area contributed by atoms with E-state index >= 15 is 0 Å². The van der Waals surface area contributed by atoms with E-state index in [1.165, 1.54) is 4.68 Å². The van der Waals surface area contributed by atoms with Crippen molar-refractivity contribution in [2.24, 2.45) is 0 Å². The zero-order chi connectivity index (χ0) is 12.8. The van der Waals surface area contributed by atoms with Gasteiger partial charge in [0.15, 0.2) is 0 Å². The molecule has 1 atom stereocenters. The fraction of sp³-hybridized carbons (Fsp3) is 0.500. The zero-order valence-electron chi connectivity index (χ0n) is 10.0. The van der Waals surface area contributed by atoms with Gasteiger partial charge in [-0.1, -0.05) is 31.4 Å². The van der Waals surface area contributed by atoms with Gasteiger partial charge in [-0.3, -0.25) is 4.79 Å². The third kappa shape index (κ3) is 3.24. The SMILES string of the molecule is C#CC(CC)Nc1cnn(CCC)c(=O)c1Cl. The highest BCUT2D eigenvalue weighted by molar-refractivity contribution is 6.32. The number of terminal acetylenes is 1. The summed E-state index contributed by atoms with van der Waals surface area (Å²) in [6.45, 7) is 4.49. The molecule has 0 saturated carbocycles. The third-order valence-corrected chi connectivity index (χ3v) is 2.72. The van der Waals surface area contributed by atoms with Gasteiger partial charge in [0.2, 0.25) is 0 Å². The summed E-state index contributed by atoms with van der Waals surface area (Å²) in [5.41, 5.74) is 0.208. The molecule has 0 aliphatic heterocycles. The molecule has 17 heavy (non-hydrogen) atoms. The van der Waals surface area contributed by atoms with Gasteiger partial charge in [-0.05, 0) is 12.8 Å². The molecular weight excluding hydrogens is 238 g/mol. The van der Waals surface area contributed by atoms with Gasteiger partial charge in [-0.25, -0.2) is 4.68 Å². The second-order valence-corrected chi connectivity index (χ2v) is 4.05. The Morgan fingerprint density at radius 2 is 2.35 bits per heavy atom. The standard InChI is InChI=1S/C12H16ClN3O/c1-4-7-16-12(17)11(13)10(8-14-16)15-9(5-2)6-3/h2,8-9,15H,4,6-7H2,1,3H3. The Hall–Kier alpha value is -1.47. The maximum atomic E-state index is 11.8. The summed E-state index contributed by atoms with van der Waals surface area (Å²) in [5.74, 6) is 2.58. The second kappa shape index (κ2) is 6.31. The lowest BCUT2D eigenvalue weighted by Crippen LogP contribution is -2.26. The van der Waals surface area contributed by atoms with Crippen LogP contribution < -0.4 is 10.9 Å². The van der Waals surface area contributed by atoms with Gasteiger partial charge in [-0.15, -0.1) is 6.42 Å². The molecule has 0 fully saturated rings. The van der Waals surface area contributed by atoms with Crippen LogP contribution in [0.1, 0.15) is 26.7 Å². The number of aromatic nitrogens is 2. The van der Waals surface area contributed by atoms with Crippen molar-refractivity contribution in [2.45, 2.75) is 39.3 Å². The molecule has 5 heteroatoms. The number of halogens is 1. The first-order chi connectivity index (χ1) is 8.13. The molecule has 4 nitrogen and oxygen atoms in total. The summed E-state index contributed by atoms with van der Waals surface area (Å²) < 4.78 is 1.35. The van der Waals surface area contributed by atoms with E-state index in [0.29, 0.717) is 12.2 Å². The van der Waals surface area contributed by atoms with Crippen molar-refractivity contribution in [1.82, 2.24) is 9.78 Å². The molecule has 0 amide bonds. The first kappa shape index (κ1) is 13.6. The first-order valence-corrected chi connectivity index (χ1v) is 6.00. The van der Waals surface area contributed by atoms with Gasteiger partial charge in [0.1, 0.15) is 5.02 Å². The number of anilines is 1. The van der Waals surface area contributed by atoms with Crippen LogP contribution in [0, 0.1) is 12.3 Å². The molecule has 1 aromatic rings. The Labute approximate surface area is 106 Å². The van der Waals surface area contributed by atoms with Crippen LogP contribution in [-0.2, 0) is 6.54 Å². The van der Waals surface area contributed by atoms with Crippen LogP contribution in [0.2, 0.25) is 5.02 Å². The van der Waals surface area contributed by atoms with Crippen LogP contribution >= 0.6 is 11.6 Å². The number of nitrogens with zero attached hydrogens (tertiary/aromatic N) is 2. The summed E-state index contributed by atoms with van der Waals surface area (Å²) in [4.78, 5) is 11.8. The number of aryl methyl sites for hydroxylation is 1. The third-order valence-electron chi connectivity index (χ3n) is 2.36. The Bertz CT molecular complexity index is 476. The minimum absolute atomic E-state index is 0.141. The van der Waals surface area contributed by atoms with E-state index in [1.807, 2.05) is 13.8 Å². The van der Waals surface area contributed by atoms with E-state index in [-0.39, 0.29) is 16.6 Å². The molecule has 1 rings (SSSR count). The maximum Gasteiger partial charge on any atom is 0.287 e. The summed E-state index contributed by atoms with van der Waals surface area (Å²) >= 11 is 5.99. The van der Waals surface area contributed by atoms with Crippen molar-refractivity contribution < 1.29 is 0 Å². The van der Waals surface area contributed by atoms with Crippen molar-refractivity contribution in [3.8, 4) is 12.3 Å². The van der Waals surface area contributed by atoms with Gasteiger partial charge >= 0.3 is 0 Å². The van der Waals surface area contributed by atoms with E-state index in [9.17, 15) is 4.79 Å². The quantitative estimate of drug-likeness (QED) is 0.818. The van der Waals surface area contributed by atoms with Crippen LogP contribution in [0.5, 0.6) is 0 Å². The summed E-state index contributed by atoms with van der Waals surface area (Å²) in [7, 11) is 0. The lowest BCUT2D eigenvalue weighted by molar-refractivity contribution is 0.568. The first-order valence-electron chi connectivity index (χ1n) is 5.62. The van der Waals surface area contributed by atoms with Gasteiger partial charge in [0.05, 0.1) is 17.9 Å². The molecule has 1 N–H and O–H groups in total. The van der Waals surface area contributed by atoms with Crippen molar-refractivity contribution in [3.63, 3.8) is 0 Å². The summed E-state index contributed by atoms with van der Waals surface area (Å²) in [6.07, 6.45) is 8.46. The molecule has 0 aromatic carbocycles. The lowest BCUT2D eigenvalue weighted by Gasteiger charge is -2.13. The van der Waals surface area contributed by atoms with Gasteiger partial charge in [0, 0.05) is 6.54 Å². The monoisotopic (exact) mass is 253 g/mol. The normalized spacial score (nSPS) is 11.9. The smallest absolute Gasteiger partial charge is 0.287 e. The van der Waals surface area contributed by atoms with Crippen molar-refractivity contribution >= 4 is 17.3 Å². The van der Waals surface area contributed by atoms with E-state index in [1.54, 1.807) is 6.20 Å². The minimum Gasteiger partial charge on any atom is -0.369 e. The number of hydrogen-bond donors (Lipinski definition) is 1. The maximum absolute atomic E-state index is 11.8. The van der Waals surface area contributed by atoms with Crippen LogP contribution in [0.15, 0.2) is 11.0 Å². The lowest BCUT2D eigenvalue weighted by atomic mass is 10.2. The Kier molecular flexibility index (Phi) is 5.05. The number of hydrogen-bond acceptors (Lipinski definition) is 3. The number of nitrogens with one attached hydrogen (secondary N) is 1. The molecule has 1 heterocycles. The highest BCUT2D eigenvalue weighted by Gasteiger charge is 2.11. The molecule has 1 aromatic heterocycles. The molecule has 0 bridgehead atoms. The van der Waals surface area contributed by atoms with Crippen LogP contribution in [0.4, 0.5) is 5.69 Å². The minimum atomic E-state index is -0.287. The highest BCUT2D eigenvalue weighted by Crippen LogP contribution is 2.16. The molecular formula is C12H16ClN3O. The van der Waals surface area contributed by atoms with Crippen LogP contribution in [0.3, 0.4) is 0 Å². The van der Waals surface area contributed by atoms with E-state index in [4.69, 9.17) is 18.0 Å². The van der Waals surface area contributed by atoms with Gasteiger partial charge in [-0.2, -0.15) is 5.10 Å². The summed E-state index contributed by atoms with van der Waals surface area (Å²) in [6, 6.07) is -0.143. The van der Waals surface area contributed by atoms with Gasteiger partial charge in [0.25, 0.3) is 5.56 Å². The van der Waals surface area contributed by atoms with Crippen molar-refractivity contribution in [2.75, 3.05) is 5.32 Å². The predicted molar refractivity (Wildman–Crippen MR) is 70.3 cm³/mol. The molecule has 0 aliphatic carbocycles. The Morgan fingerprint density at radius 3 is 2.88 bits per heavy atom. The van der Waals surface area contributed by atoms with Crippen LogP contribution in [-0.4, -0.2) is 15.8 Å². The molecule has 0 spiro atoms. The topological polar surface area (TPSA) is 46.9 Å². The zero-order valence-corrected chi connectivity index (χ0v) is 10.8. The fourth-order valence-corrected chi connectivity index (χ4v) is 1.59. The van der Waals surface area contributed by atoms with Crippen LogP contribution in [0.25, 0.3) is 0 Å². The highest BCUT2D eigenvalue weighted by atomic mass is 35.5. The van der Waals surface area contributed by atoms with E-state index in [0.717, 1.165) is 12.8 Å². The van der Waals surface area contributed by atoms with Crippen molar-refractivity contribution in [1.29, 1.82) is 0 Å². The fourth-order valence-electron chi connectivity index (χ4n) is 1.39. The molecule has 1 unspecified atom stereocenters. The summed E-state index contributed by atoms with van der Waals surface area (Å²) in [5, 5.41) is 7.19. The predicted octanol–water partition coefficient (Wildman–Crippen LogP) is 2.13.